The van der Waals surface area contributed by atoms with Crippen LogP contribution in [-0.4, -0.2) is 18.6 Å². The lowest BCUT2D eigenvalue weighted by molar-refractivity contribution is 0.363. The van der Waals surface area contributed by atoms with Crippen molar-refractivity contribution in [2.24, 2.45) is 0 Å². The quantitative estimate of drug-likeness (QED) is 0.709. The third-order valence-electron chi connectivity index (χ3n) is 2.89. The molecule has 0 saturated carbocycles. The fraction of sp³-hybridized carbons (Fsp3) is 0.600. The number of nitrogens with one attached hydrogen (secondary N) is 2. The van der Waals surface area contributed by atoms with Crippen molar-refractivity contribution in [3.63, 3.8) is 0 Å². The zero-order valence-corrected chi connectivity index (χ0v) is 11.6. The number of rotatable bonds is 7. The minimum absolute atomic E-state index is 0.139. The molecule has 0 radical (unpaired) electrons. The minimum Gasteiger partial charge on any atom is -0.315 e. The number of hydrogen-bond acceptors (Lipinski definition) is 2. The average Bonchev–Trinajstić information content (AvgIpc) is 2.29. The molecule has 0 fully saturated rings. The van der Waals surface area contributed by atoms with Gasteiger partial charge in [0.1, 0.15) is 0 Å². The highest BCUT2D eigenvalue weighted by atomic mass is 15.0. The lowest BCUT2D eigenvalue weighted by Crippen LogP contribution is -2.47. The van der Waals surface area contributed by atoms with E-state index in [-0.39, 0.29) is 5.54 Å². The molecular formula is C15H26N2. The first-order valence-electron chi connectivity index (χ1n) is 6.55. The molecule has 96 valence electrons. The molecule has 0 bridgehead atoms. The second-order valence-electron chi connectivity index (χ2n) is 5.40. The molecule has 2 heteroatoms. The van der Waals surface area contributed by atoms with E-state index in [1.54, 1.807) is 0 Å². The molecule has 0 unspecified atom stereocenters. The lowest BCUT2D eigenvalue weighted by atomic mass is 10.0. The molecule has 0 saturated heterocycles. The molecule has 0 atom stereocenters. The zero-order chi connectivity index (χ0) is 12.7. The molecular weight excluding hydrogens is 208 g/mol. The van der Waals surface area contributed by atoms with Crippen molar-refractivity contribution in [2.45, 2.75) is 46.2 Å². The van der Waals surface area contributed by atoms with Crippen LogP contribution in [0.2, 0.25) is 0 Å². The molecule has 0 aliphatic carbocycles. The van der Waals surface area contributed by atoms with Gasteiger partial charge in [-0.15, -0.1) is 0 Å². The van der Waals surface area contributed by atoms with Crippen LogP contribution in [-0.2, 0) is 6.54 Å². The first-order chi connectivity index (χ1) is 8.03. The van der Waals surface area contributed by atoms with Crippen LogP contribution >= 0.6 is 0 Å². The van der Waals surface area contributed by atoms with Gasteiger partial charge < -0.3 is 10.6 Å². The summed E-state index contributed by atoms with van der Waals surface area (Å²) >= 11 is 0. The van der Waals surface area contributed by atoms with Crippen LogP contribution in [0.3, 0.4) is 0 Å². The molecule has 2 nitrogen and oxygen atoms in total. The van der Waals surface area contributed by atoms with E-state index in [1.807, 2.05) is 0 Å². The molecule has 1 aromatic rings. The van der Waals surface area contributed by atoms with Gasteiger partial charge in [-0.1, -0.05) is 36.8 Å². The Morgan fingerprint density at radius 1 is 1.12 bits per heavy atom. The Morgan fingerprint density at radius 2 is 1.76 bits per heavy atom. The number of benzene rings is 1. The summed E-state index contributed by atoms with van der Waals surface area (Å²) in [5, 5.41) is 7.05. The number of aryl methyl sites for hydroxylation is 1. The van der Waals surface area contributed by atoms with Crippen LogP contribution in [0.5, 0.6) is 0 Å². The normalized spacial score (nSPS) is 11.8. The van der Waals surface area contributed by atoms with Gasteiger partial charge in [-0.2, -0.15) is 0 Å². The van der Waals surface area contributed by atoms with Gasteiger partial charge in [-0.05, 0) is 39.3 Å². The maximum Gasteiger partial charge on any atom is 0.0252 e. The smallest absolute Gasteiger partial charge is 0.0252 e. The van der Waals surface area contributed by atoms with Crippen LogP contribution in [0, 0.1) is 6.92 Å². The van der Waals surface area contributed by atoms with Gasteiger partial charge in [-0.3, -0.25) is 0 Å². The molecule has 0 aliphatic heterocycles. The molecule has 0 aromatic heterocycles. The van der Waals surface area contributed by atoms with E-state index in [4.69, 9.17) is 0 Å². The summed E-state index contributed by atoms with van der Waals surface area (Å²) < 4.78 is 0. The minimum atomic E-state index is 0.139. The molecule has 0 heterocycles. The predicted molar refractivity (Wildman–Crippen MR) is 75.3 cm³/mol. The van der Waals surface area contributed by atoms with E-state index in [2.05, 4.69) is 62.6 Å². The second-order valence-corrected chi connectivity index (χ2v) is 5.40. The lowest BCUT2D eigenvalue weighted by Gasteiger charge is -2.27. The summed E-state index contributed by atoms with van der Waals surface area (Å²) in [6, 6.07) is 8.72. The second kappa shape index (κ2) is 6.77. The van der Waals surface area contributed by atoms with Gasteiger partial charge >= 0.3 is 0 Å². The van der Waals surface area contributed by atoms with E-state index < -0.39 is 0 Å². The largest absolute Gasteiger partial charge is 0.315 e. The molecule has 1 aromatic carbocycles. The first-order valence-corrected chi connectivity index (χ1v) is 6.55. The Hall–Kier alpha value is -0.860. The van der Waals surface area contributed by atoms with Gasteiger partial charge in [0, 0.05) is 18.6 Å². The Morgan fingerprint density at radius 3 is 2.35 bits per heavy atom. The van der Waals surface area contributed by atoms with Crippen molar-refractivity contribution < 1.29 is 0 Å². The van der Waals surface area contributed by atoms with Crippen LogP contribution in [0.15, 0.2) is 24.3 Å². The molecule has 0 amide bonds. The van der Waals surface area contributed by atoms with Crippen molar-refractivity contribution in [3.05, 3.63) is 35.4 Å². The van der Waals surface area contributed by atoms with Crippen molar-refractivity contribution >= 4 is 0 Å². The van der Waals surface area contributed by atoms with Gasteiger partial charge in [0.2, 0.25) is 0 Å². The maximum atomic E-state index is 3.59. The monoisotopic (exact) mass is 234 g/mol. The summed E-state index contributed by atoms with van der Waals surface area (Å²) in [5.74, 6) is 0. The summed E-state index contributed by atoms with van der Waals surface area (Å²) in [4.78, 5) is 0. The van der Waals surface area contributed by atoms with Gasteiger partial charge in [0.15, 0.2) is 0 Å². The SMILES string of the molecule is CCCNCC(C)(C)NCc1ccc(C)cc1. The van der Waals surface area contributed by atoms with E-state index in [1.165, 1.54) is 17.5 Å². The fourth-order valence-electron chi connectivity index (χ4n) is 1.69. The highest BCUT2D eigenvalue weighted by molar-refractivity contribution is 5.21. The summed E-state index contributed by atoms with van der Waals surface area (Å²) in [6.07, 6.45) is 1.19. The molecule has 1 rings (SSSR count). The third kappa shape index (κ3) is 5.85. The van der Waals surface area contributed by atoms with Crippen LogP contribution in [0.25, 0.3) is 0 Å². The van der Waals surface area contributed by atoms with Crippen molar-refractivity contribution in [2.75, 3.05) is 13.1 Å². The van der Waals surface area contributed by atoms with Crippen molar-refractivity contribution in [3.8, 4) is 0 Å². The summed E-state index contributed by atoms with van der Waals surface area (Å²) in [7, 11) is 0. The van der Waals surface area contributed by atoms with E-state index in [0.29, 0.717) is 0 Å². The third-order valence-corrected chi connectivity index (χ3v) is 2.89. The van der Waals surface area contributed by atoms with E-state index in [0.717, 1.165) is 19.6 Å². The standard InChI is InChI=1S/C15H26N2/c1-5-10-16-12-15(3,4)17-11-14-8-6-13(2)7-9-14/h6-9,16-17H,5,10-12H2,1-4H3. The zero-order valence-electron chi connectivity index (χ0n) is 11.6. The fourth-order valence-corrected chi connectivity index (χ4v) is 1.69. The predicted octanol–water partition coefficient (Wildman–Crippen LogP) is 2.86. The van der Waals surface area contributed by atoms with Gasteiger partial charge in [0.25, 0.3) is 0 Å². The molecule has 0 spiro atoms. The van der Waals surface area contributed by atoms with Crippen LogP contribution < -0.4 is 10.6 Å². The van der Waals surface area contributed by atoms with Crippen molar-refractivity contribution in [1.82, 2.24) is 10.6 Å². The highest BCUT2D eigenvalue weighted by Gasteiger charge is 2.15. The topological polar surface area (TPSA) is 24.1 Å². The molecule has 0 aliphatic rings. The summed E-state index contributed by atoms with van der Waals surface area (Å²) in [5.41, 5.74) is 2.80. The van der Waals surface area contributed by atoms with Gasteiger partial charge in [0.05, 0.1) is 0 Å². The van der Waals surface area contributed by atoms with Crippen molar-refractivity contribution in [1.29, 1.82) is 0 Å². The van der Waals surface area contributed by atoms with Gasteiger partial charge in [-0.25, -0.2) is 0 Å². The maximum absolute atomic E-state index is 3.59. The molecule has 17 heavy (non-hydrogen) atoms. The van der Waals surface area contributed by atoms with Crippen LogP contribution in [0.4, 0.5) is 0 Å². The Balaban J connectivity index is 2.35. The Bertz CT molecular complexity index is 314. The summed E-state index contributed by atoms with van der Waals surface area (Å²) in [6.45, 7) is 11.8. The van der Waals surface area contributed by atoms with E-state index >= 15 is 0 Å². The van der Waals surface area contributed by atoms with Crippen LogP contribution in [0.1, 0.15) is 38.3 Å². The Kier molecular flexibility index (Phi) is 5.66. The molecule has 2 N–H and O–H groups in total. The van der Waals surface area contributed by atoms with E-state index in [9.17, 15) is 0 Å². The Labute approximate surface area is 106 Å². The number of hydrogen-bond donors (Lipinski definition) is 2. The first kappa shape index (κ1) is 14.2. The highest BCUT2D eigenvalue weighted by Crippen LogP contribution is 2.06. The average molecular weight is 234 g/mol.